The van der Waals surface area contributed by atoms with Crippen LogP contribution in [0, 0.1) is 5.92 Å². The first-order valence-electron chi connectivity index (χ1n) is 5.86. The highest BCUT2D eigenvalue weighted by molar-refractivity contribution is 7.88. The number of aromatic nitrogens is 2. The highest BCUT2D eigenvalue weighted by Crippen LogP contribution is 2.22. The number of nitrogens with zero attached hydrogens (tertiary/aromatic N) is 3. The first kappa shape index (κ1) is 13.7. The predicted molar refractivity (Wildman–Crippen MR) is 69.9 cm³/mol. The lowest BCUT2D eigenvalue weighted by molar-refractivity contribution is 0.265. The van der Waals surface area contributed by atoms with Gasteiger partial charge in [0.15, 0.2) is 0 Å². The smallest absolute Gasteiger partial charge is 0.211 e. The Morgan fingerprint density at radius 1 is 1.50 bits per heavy atom. The monoisotopic (exact) mass is 289 g/mol. The zero-order chi connectivity index (χ0) is 13.2. The molecule has 2 rings (SSSR count). The third kappa shape index (κ3) is 3.63. The van der Waals surface area contributed by atoms with Gasteiger partial charge in [0.05, 0.1) is 6.26 Å². The van der Waals surface area contributed by atoms with Crippen molar-refractivity contribution in [1.29, 1.82) is 0 Å². The molecule has 0 bridgehead atoms. The lowest BCUT2D eigenvalue weighted by atomic mass is 9.94. The third-order valence-corrected chi connectivity index (χ3v) is 4.62. The second kappa shape index (κ2) is 5.50. The molecule has 1 atom stereocenters. The predicted octanol–water partition coefficient (Wildman–Crippen LogP) is 1.34. The molecule has 0 saturated carbocycles. The van der Waals surface area contributed by atoms with Gasteiger partial charge in [0.1, 0.15) is 11.5 Å². The van der Waals surface area contributed by atoms with Gasteiger partial charge in [-0.2, -0.15) is 0 Å². The summed E-state index contributed by atoms with van der Waals surface area (Å²) in [4.78, 5) is 7.99. The van der Waals surface area contributed by atoms with Gasteiger partial charge >= 0.3 is 0 Å². The number of hydrogen-bond acceptors (Lipinski definition) is 4. The van der Waals surface area contributed by atoms with Crippen LogP contribution in [0.2, 0.25) is 5.15 Å². The molecule has 7 heteroatoms. The van der Waals surface area contributed by atoms with Crippen LogP contribution in [0.25, 0.3) is 0 Å². The van der Waals surface area contributed by atoms with Crippen molar-refractivity contribution in [2.24, 2.45) is 5.92 Å². The van der Waals surface area contributed by atoms with Gasteiger partial charge in [0.2, 0.25) is 10.0 Å². The van der Waals surface area contributed by atoms with E-state index < -0.39 is 10.0 Å². The fraction of sp³-hybridized carbons (Fsp3) is 0.636. The largest absolute Gasteiger partial charge is 0.241 e. The van der Waals surface area contributed by atoms with Gasteiger partial charge in [-0.3, -0.25) is 0 Å². The average Bonchev–Trinajstić information content (AvgIpc) is 2.28. The van der Waals surface area contributed by atoms with E-state index in [0.717, 1.165) is 25.0 Å². The van der Waals surface area contributed by atoms with Gasteiger partial charge < -0.3 is 0 Å². The summed E-state index contributed by atoms with van der Waals surface area (Å²) < 4.78 is 24.6. The first-order chi connectivity index (χ1) is 8.45. The summed E-state index contributed by atoms with van der Waals surface area (Å²) >= 11 is 5.81. The quantitative estimate of drug-likeness (QED) is 0.788. The summed E-state index contributed by atoms with van der Waals surface area (Å²) in [5.74, 6) is 0.305. The highest BCUT2D eigenvalue weighted by Gasteiger charge is 2.26. The van der Waals surface area contributed by atoms with Crippen molar-refractivity contribution in [3.05, 3.63) is 23.2 Å². The molecular formula is C11H16ClN3O2S. The molecule has 1 fully saturated rings. The zero-order valence-corrected chi connectivity index (χ0v) is 11.8. The summed E-state index contributed by atoms with van der Waals surface area (Å²) in [6.45, 7) is 1.19. The Balaban J connectivity index is 2.02. The molecule has 0 amide bonds. The minimum atomic E-state index is -3.08. The Morgan fingerprint density at radius 2 is 2.28 bits per heavy atom. The molecule has 1 aliphatic rings. The molecule has 0 aliphatic carbocycles. The van der Waals surface area contributed by atoms with Crippen molar-refractivity contribution >= 4 is 21.6 Å². The van der Waals surface area contributed by atoms with Crippen LogP contribution in [0.5, 0.6) is 0 Å². The minimum Gasteiger partial charge on any atom is -0.241 e. The van der Waals surface area contributed by atoms with Crippen LogP contribution in [0.1, 0.15) is 18.5 Å². The molecule has 0 N–H and O–H groups in total. The number of sulfonamides is 1. The van der Waals surface area contributed by atoms with Gasteiger partial charge in [-0.25, -0.2) is 22.7 Å². The van der Waals surface area contributed by atoms with Crippen LogP contribution < -0.4 is 0 Å². The van der Waals surface area contributed by atoms with Crippen LogP contribution in [-0.2, 0) is 16.4 Å². The maximum absolute atomic E-state index is 11.5. The van der Waals surface area contributed by atoms with E-state index in [4.69, 9.17) is 11.6 Å². The van der Waals surface area contributed by atoms with Crippen molar-refractivity contribution in [3.63, 3.8) is 0 Å². The second-order valence-corrected chi connectivity index (χ2v) is 7.04. The van der Waals surface area contributed by atoms with E-state index in [-0.39, 0.29) is 0 Å². The fourth-order valence-electron chi connectivity index (χ4n) is 2.27. The molecule has 2 heterocycles. The van der Waals surface area contributed by atoms with Gasteiger partial charge in [-0.05, 0) is 31.2 Å². The van der Waals surface area contributed by atoms with Crippen LogP contribution in [0.15, 0.2) is 12.4 Å². The Morgan fingerprint density at radius 3 is 2.94 bits per heavy atom. The van der Waals surface area contributed by atoms with E-state index in [0.29, 0.717) is 24.2 Å². The second-order valence-electron chi connectivity index (χ2n) is 4.67. The van der Waals surface area contributed by atoms with Crippen LogP contribution in [0.4, 0.5) is 0 Å². The maximum Gasteiger partial charge on any atom is 0.211 e. The van der Waals surface area contributed by atoms with Gasteiger partial charge in [-0.1, -0.05) is 11.6 Å². The number of rotatable bonds is 3. The van der Waals surface area contributed by atoms with Crippen molar-refractivity contribution in [1.82, 2.24) is 14.3 Å². The normalized spacial score (nSPS) is 22.0. The van der Waals surface area contributed by atoms with Gasteiger partial charge in [-0.15, -0.1) is 0 Å². The lowest BCUT2D eigenvalue weighted by Crippen LogP contribution is -2.39. The first-order valence-corrected chi connectivity index (χ1v) is 8.09. The standard InChI is InChI=1S/C11H16ClN3O2S/c1-18(16,17)15-4-2-3-9(7-15)5-10-6-11(12)14-8-13-10/h6,8-9H,2-5,7H2,1H3/t9-/m1/s1. The summed E-state index contributed by atoms with van der Waals surface area (Å²) in [5, 5.41) is 0.427. The lowest BCUT2D eigenvalue weighted by Gasteiger charge is -2.30. The van der Waals surface area contributed by atoms with Crippen molar-refractivity contribution in [3.8, 4) is 0 Å². The Bertz CT molecular complexity index is 521. The molecule has 1 aromatic heterocycles. The van der Waals surface area contributed by atoms with E-state index in [9.17, 15) is 8.42 Å². The third-order valence-electron chi connectivity index (χ3n) is 3.14. The molecule has 0 unspecified atom stereocenters. The van der Waals surface area contributed by atoms with Crippen LogP contribution in [-0.4, -0.2) is 42.0 Å². The van der Waals surface area contributed by atoms with Crippen LogP contribution >= 0.6 is 11.6 Å². The van der Waals surface area contributed by atoms with E-state index >= 15 is 0 Å². The number of hydrogen-bond donors (Lipinski definition) is 0. The van der Waals surface area contributed by atoms with E-state index in [1.165, 1.54) is 12.6 Å². The minimum absolute atomic E-state index is 0.305. The summed E-state index contributed by atoms with van der Waals surface area (Å²) in [7, 11) is -3.08. The summed E-state index contributed by atoms with van der Waals surface area (Å²) in [5.41, 5.74) is 0.871. The maximum atomic E-state index is 11.5. The molecule has 0 radical (unpaired) electrons. The Hall–Kier alpha value is -0.720. The molecule has 5 nitrogen and oxygen atoms in total. The molecule has 0 spiro atoms. The van der Waals surface area contributed by atoms with E-state index in [2.05, 4.69) is 9.97 Å². The van der Waals surface area contributed by atoms with E-state index in [1.54, 1.807) is 10.4 Å². The molecular weight excluding hydrogens is 274 g/mol. The van der Waals surface area contributed by atoms with Gasteiger partial charge in [0.25, 0.3) is 0 Å². The van der Waals surface area contributed by atoms with Crippen molar-refractivity contribution < 1.29 is 8.42 Å². The number of piperidine rings is 1. The van der Waals surface area contributed by atoms with Crippen molar-refractivity contribution in [2.75, 3.05) is 19.3 Å². The molecule has 1 aromatic rings. The molecule has 100 valence electrons. The Kier molecular flexibility index (Phi) is 4.19. The number of halogens is 1. The Labute approximate surface area is 112 Å². The van der Waals surface area contributed by atoms with Crippen LogP contribution in [0.3, 0.4) is 0 Å². The molecule has 0 aromatic carbocycles. The molecule has 1 aliphatic heterocycles. The molecule has 18 heavy (non-hydrogen) atoms. The highest BCUT2D eigenvalue weighted by atomic mass is 35.5. The average molecular weight is 290 g/mol. The molecule has 1 saturated heterocycles. The summed E-state index contributed by atoms with van der Waals surface area (Å²) in [6.07, 6.45) is 5.37. The van der Waals surface area contributed by atoms with Crippen molar-refractivity contribution in [2.45, 2.75) is 19.3 Å². The summed E-state index contributed by atoms with van der Waals surface area (Å²) in [6, 6.07) is 1.74. The zero-order valence-electron chi connectivity index (χ0n) is 10.2. The topological polar surface area (TPSA) is 63.2 Å². The fourth-order valence-corrected chi connectivity index (χ4v) is 3.38. The SMILES string of the molecule is CS(=O)(=O)N1CCC[C@H](Cc2cc(Cl)ncn2)C1. The van der Waals surface area contributed by atoms with E-state index in [1.807, 2.05) is 0 Å². The van der Waals surface area contributed by atoms with Gasteiger partial charge in [0, 0.05) is 18.8 Å².